The monoisotopic (exact) mass is 386 g/mol. The second-order valence-corrected chi connectivity index (χ2v) is 9.20. The van der Waals surface area contributed by atoms with E-state index in [-0.39, 0.29) is 16.8 Å². The first kappa shape index (κ1) is 19.6. The van der Waals surface area contributed by atoms with Crippen molar-refractivity contribution in [3.8, 4) is 0 Å². The summed E-state index contributed by atoms with van der Waals surface area (Å²) in [4.78, 5) is 13.8. The Morgan fingerprint density at radius 3 is 2.26 bits per heavy atom. The Morgan fingerprint density at radius 2 is 1.70 bits per heavy atom. The van der Waals surface area contributed by atoms with Gasteiger partial charge in [-0.05, 0) is 56.5 Å². The molecule has 0 saturated carbocycles. The molecule has 0 aliphatic carbocycles. The highest BCUT2D eigenvalue weighted by molar-refractivity contribution is 7.89. The SMILES string of the molecule is Cc1ccc(CC(C)N(C)S(=O)(=O)c2ccc(N3CCCC3=O)cc2)cc1. The van der Waals surface area contributed by atoms with E-state index in [1.54, 1.807) is 36.2 Å². The number of rotatable bonds is 6. The summed E-state index contributed by atoms with van der Waals surface area (Å²) in [5, 5.41) is 0. The molecule has 1 aliphatic rings. The van der Waals surface area contributed by atoms with Gasteiger partial charge in [0, 0.05) is 31.7 Å². The zero-order valence-corrected chi connectivity index (χ0v) is 16.9. The van der Waals surface area contributed by atoms with Gasteiger partial charge in [0.25, 0.3) is 0 Å². The van der Waals surface area contributed by atoms with Gasteiger partial charge in [0.05, 0.1) is 4.90 Å². The van der Waals surface area contributed by atoms with Crippen LogP contribution in [0.25, 0.3) is 0 Å². The lowest BCUT2D eigenvalue weighted by Crippen LogP contribution is -2.36. The first-order chi connectivity index (χ1) is 12.8. The van der Waals surface area contributed by atoms with Crippen LogP contribution >= 0.6 is 0 Å². The summed E-state index contributed by atoms with van der Waals surface area (Å²) < 4.78 is 27.3. The molecule has 0 bridgehead atoms. The summed E-state index contributed by atoms with van der Waals surface area (Å²) in [6.45, 7) is 4.64. The number of amides is 1. The molecule has 0 aromatic heterocycles. The number of likely N-dealkylation sites (N-methyl/N-ethyl adjacent to an activating group) is 1. The predicted octanol–water partition coefficient (Wildman–Crippen LogP) is 3.37. The van der Waals surface area contributed by atoms with E-state index in [9.17, 15) is 13.2 Å². The van der Waals surface area contributed by atoms with E-state index < -0.39 is 10.0 Å². The fourth-order valence-corrected chi connectivity index (χ4v) is 4.68. The third-order valence-electron chi connectivity index (χ3n) is 5.17. The molecule has 1 atom stereocenters. The molecule has 3 rings (SSSR count). The Balaban J connectivity index is 1.74. The lowest BCUT2D eigenvalue weighted by Gasteiger charge is -2.25. The van der Waals surface area contributed by atoms with Gasteiger partial charge in [0.1, 0.15) is 0 Å². The van der Waals surface area contributed by atoms with Crippen LogP contribution in [0.2, 0.25) is 0 Å². The van der Waals surface area contributed by atoms with E-state index in [1.165, 1.54) is 9.87 Å². The highest BCUT2D eigenvalue weighted by atomic mass is 32.2. The highest BCUT2D eigenvalue weighted by Gasteiger charge is 2.27. The minimum Gasteiger partial charge on any atom is -0.312 e. The third-order valence-corrected chi connectivity index (χ3v) is 7.16. The molecule has 0 radical (unpaired) electrons. The minimum absolute atomic E-state index is 0.0921. The van der Waals surface area contributed by atoms with Crippen LogP contribution in [0.15, 0.2) is 53.4 Å². The molecule has 6 heteroatoms. The van der Waals surface area contributed by atoms with Crippen LogP contribution in [-0.4, -0.2) is 38.3 Å². The molecule has 1 amide bonds. The van der Waals surface area contributed by atoms with Crippen molar-refractivity contribution in [2.45, 2.75) is 44.0 Å². The van der Waals surface area contributed by atoms with E-state index in [1.807, 2.05) is 38.1 Å². The summed E-state index contributed by atoms with van der Waals surface area (Å²) in [6.07, 6.45) is 2.05. The van der Waals surface area contributed by atoms with Crippen molar-refractivity contribution >= 4 is 21.6 Å². The Bertz CT molecular complexity index is 905. The number of sulfonamides is 1. The van der Waals surface area contributed by atoms with Gasteiger partial charge < -0.3 is 4.90 Å². The van der Waals surface area contributed by atoms with Crippen LogP contribution in [0.5, 0.6) is 0 Å². The van der Waals surface area contributed by atoms with Gasteiger partial charge in [-0.3, -0.25) is 4.79 Å². The molecule has 2 aromatic carbocycles. The fourth-order valence-electron chi connectivity index (χ4n) is 3.32. The summed E-state index contributed by atoms with van der Waals surface area (Å²) in [6, 6.07) is 14.6. The molecular weight excluding hydrogens is 360 g/mol. The molecule has 5 nitrogen and oxygen atoms in total. The van der Waals surface area contributed by atoms with Crippen molar-refractivity contribution < 1.29 is 13.2 Å². The van der Waals surface area contributed by atoms with Crippen LogP contribution in [0.1, 0.15) is 30.9 Å². The topological polar surface area (TPSA) is 57.7 Å². The van der Waals surface area contributed by atoms with Crippen LogP contribution in [-0.2, 0) is 21.2 Å². The lowest BCUT2D eigenvalue weighted by molar-refractivity contribution is -0.117. The first-order valence-corrected chi connectivity index (χ1v) is 10.7. The average molecular weight is 387 g/mol. The zero-order valence-electron chi connectivity index (χ0n) is 16.1. The molecule has 1 unspecified atom stereocenters. The van der Waals surface area contributed by atoms with Crippen molar-refractivity contribution in [3.05, 3.63) is 59.7 Å². The number of nitrogens with zero attached hydrogens (tertiary/aromatic N) is 2. The Morgan fingerprint density at radius 1 is 1.07 bits per heavy atom. The maximum atomic E-state index is 13.0. The largest absolute Gasteiger partial charge is 0.312 e. The number of hydrogen-bond acceptors (Lipinski definition) is 3. The van der Waals surface area contributed by atoms with Gasteiger partial charge in [0.2, 0.25) is 15.9 Å². The van der Waals surface area contributed by atoms with Crippen molar-refractivity contribution in [2.75, 3.05) is 18.5 Å². The third kappa shape index (κ3) is 4.22. The van der Waals surface area contributed by atoms with Crippen LogP contribution in [0, 0.1) is 6.92 Å². The van der Waals surface area contributed by atoms with Gasteiger partial charge in [-0.2, -0.15) is 4.31 Å². The fraction of sp³-hybridized carbons (Fsp3) is 0.381. The lowest BCUT2D eigenvalue weighted by atomic mass is 10.1. The van der Waals surface area contributed by atoms with E-state index >= 15 is 0 Å². The number of aryl methyl sites for hydroxylation is 1. The van der Waals surface area contributed by atoms with Crippen LogP contribution < -0.4 is 4.90 Å². The molecule has 27 heavy (non-hydrogen) atoms. The number of carbonyl (C=O) groups excluding carboxylic acids is 1. The number of carbonyl (C=O) groups is 1. The maximum absolute atomic E-state index is 13.0. The van der Waals surface area contributed by atoms with E-state index in [4.69, 9.17) is 0 Å². The molecule has 1 heterocycles. The minimum atomic E-state index is -3.59. The van der Waals surface area contributed by atoms with Gasteiger partial charge in [-0.1, -0.05) is 29.8 Å². The molecule has 1 saturated heterocycles. The molecule has 1 aliphatic heterocycles. The van der Waals surface area contributed by atoms with Gasteiger partial charge >= 0.3 is 0 Å². The summed E-state index contributed by atoms with van der Waals surface area (Å²) in [5.41, 5.74) is 3.05. The molecular formula is C21H26N2O3S. The van der Waals surface area contributed by atoms with Gasteiger partial charge in [0.15, 0.2) is 0 Å². The van der Waals surface area contributed by atoms with Gasteiger partial charge in [-0.25, -0.2) is 8.42 Å². The van der Waals surface area contributed by atoms with Crippen LogP contribution in [0.4, 0.5) is 5.69 Å². The van der Waals surface area contributed by atoms with Crippen molar-refractivity contribution in [3.63, 3.8) is 0 Å². The molecule has 1 fully saturated rings. The second kappa shape index (κ2) is 7.82. The second-order valence-electron chi connectivity index (χ2n) is 7.20. The molecule has 2 aromatic rings. The standard InChI is InChI=1S/C21H26N2O3S/c1-16-6-8-18(9-7-16)15-17(2)22(3)27(25,26)20-12-10-19(11-13-20)23-14-4-5-21(23)24/h6-13,17H,4-5,14-15H2,1-3H3. The van der Waals surface area contributed by atoms with E-state index in [0.717, 1.165) is 17.7 Å². The number of anilines is 1. The molecule has 0 N–H and O–H groups in total. The highest BCUT2D eigenvalue weighted by Crippen LogP contribution is 2.25. The molecule has 0 spiro atoms. The zero-order chi connectivity index (χ0) is 19.6. The first-order valence-electron chi connectivity index (χ1n) is 9.23. The average Bonchev–Trinajstić information content (AvgIpc) is 3.09. The quantitative estimate of drug-likeness (QED) is 0.765. The molecule has 144 valence electrons. The number of benzene rings is 2. The van der Waals surface area contributed by atoms with Crippen molar-refractivity contribution in [1.82, 2.24) is 4.31 Å². The Labute approximate surface area is 161 Å². The Kier molecular flexibility index (Phi) is 5.67. The van der Waals surface area contributed by atoms with Crippen LogP contribution in [0.3, 0.4) is 0 Å². The van der Waals surface area contributed by atoms with Crippen molar-refractivity contribution in [1.29, 1.82) is 0 Å². The summed E-state index contributed by atoms with van der Waals surface area (Å²) in [7, 11) is -1.97. The predicted molar refractivity (Wildman–Crippen MR) is 107 cm³/mol. The summed E-state index contributed by atoms with van der Waals surface area (Å²) in [5.74, 6) is 0.0921. The van der Waals surface area contributed by atoms with E-state index in [2.05, 4.69) is 0 Å². The number of hydrogen-bond donors (Lipinski definition) is 0. The summed E-state index contributed by atoms with van der Waals surface area (Å²) >= 11 is 0. The normalized spacial score (nSPS) is 16.1. The Hall–Kier alpha value is -2.18. The van der Waals surface area contributed by atoms with Crippen molar-refractivity contribution in [2.24, 2.45) is 0 Å². The van der Waals surface area contributed by atoms with E-state index in [0.29, 0.717) is 19.4 Å². The van der Waals surface area contributed by atoms with Gasteiger partial charge in [-0.15, -0.1) is 0 Å². The maximum Gasteiger partial charge on any atom is 0.243 e. The smallest absolute Gasteiger partial charge is 0.243 e.